The highest BCUT2D eigenvalue weighted by Crippen LogP contribution is 2.27. The van der Waals surface area contributed by atoms with Crippen LogP contribution in [0.2, 0.25) is 0 Å². The molecule has 0 saturated heterocycles. The largest absolute Gasteiger partial charge is 0.362 e. The minimum absolute atomic E-state index is 0.129. The van der Waals surface area contributed by atoms with E-state index in [0.717, 1.165) is 24.6 Å². The second-order valence-corrected chi connectivity index (χ2v) is 4.88. The number of fused-ring (bicyclic) bond motifs is 1. The number of benzene rings is 1. The quantitative estimate of drug-likeness (QED) is 0.481. The Morgan fingerprint density at radius 1 is 1.38 bits per heavy atom. The molecule has 1 aromatic carbocycles. The molecule has 0 spiro atoms. The van der Waals surface area contributed by atoms with Crippen LogP contribution in [0.1, 0.15) is 23.1 Å². The number of ketones is 1. The summed E-state index contributed by atoms with van der Waals surface area (Å²) in [5.41, 5.74) is 0.746. The molecule has 0 bridgehead atoms. The standard InChI is InChI=1S/C13H13N5O3/c1-9(19)11-6-10(2-3-12(11)18(20)21)16-4-5-17-8-14-15-13(17)7-16/h2-3,6,8H,4-5,7H2,1H3. The molecule has 1 aromatic heterocycles. The van der Waals surface area contributed by atoms with Crippen molar-refractivity contribution in [3.63, 3.8) is 0 Å². The second kappa shape index (κ2) is 4.97. The van der Waals surface area contributed by atoms with Crippen molar-refractivity contribution in [2.24, 2.45) is 0 Å². The fraction of sp³-hybridized carbons (Fsp3) is 0.308. The predicted octanol–water partition coefficient (Wildman–Crippen LogP) is 1.41. The third-order valence-electron chi connectivity index (χ3n) is 3.56. The molecule has 0 atom stereocenters. The van der Waals surface area contributed by atoms with Gasteiger partial charge in [-0.25, -0.2) is 0 Å². The molecule has 0 saturated carbocycles. The fourth-order valence-corrected chi connectivity index (χ4v) is 2.45. The lowest BCUT2D eigenvalue weighted by atomic mass is 10.1. The van der Waals surface area contributed by atoms with Crippen LogP contribution in [-0.2, 0) is 13.1 Å². The molecule has 0 unspecified atom stereocenters. The highest BCUT2D eigenvalue weighted by atomic mass is 16.6. The molecule has 1 aliphatic heterocycles. The Hall–Kier alpha value is -2.77. The van der Waals surface area contributed by atoms with Crippen LogP contribution in [0.15, 0.2) is 24.5 Å². The van der Waals surface area contributed by atoms with Gasteiger partial charge in [0.1, 0.15) is 6.33 Å². The molecule has 8 heteroatoms. The Labute approximate surface area is 120 Å². The van der Waals surface area contributed by atoms with Gasteiger partial charge in [0.25, 0.3) is 5.69 Å². The van der Waals surface area contributed by atoms with E-state index in [9.17, 15) is 14.9 Å². The molecular weight excluding hydrogens is 274 g/mol. The van der Waals surface area contributed by atoms with Gasteiger partial charge in [-0.3, -0.25) is 14.9 Å². The van der Waals surface area contributed by atoms with Crippen LogP contribution < -0.4 is 4.90 Å². The summed E-state index contributed by atoms with van der Waals surface area (Å²) in [7, 11) is 0. The summed E-state index contributed by atoms with van der Waals surface area (Å²) >= 11 is 0. The van der Waals surface area contributed by atoms with Crippen molar-refractivity contribution >= 4 is 17.2 Å². The van der Waals surface area contributed by atoms with E-state index in [2.05, 4.69) is 10.2 Å². The third kappa shape index (κ3) is 2.35. The molecule has 108 valence electrons. The molecule has 8 nitrogen and oxygen atoms in total. The van der Waals surface area contributed by atoms with Crippen LogP contribution in [0.4, 0.5) is 11.4 Å². The highest BCUT2D eigenvalue weighted by molar-refractivity contribution is 5.99. The maximum atomic E-state index is 11.6. The van der Waals surface area contributed by atoms with Crippen LogP contribution in [0.25, 0.3) is 0 Å². The molecule has 2 aromatic rings. The van der Waals surface area contributed by atoms with Crippen molar-refractivity contribution in [2.75, 3.05) is 11.4 Å². The predicted molar refractivity (Wildman–Crippen MR) is 74.2 cm³/mol. The first kappa shape index (κ1) is 13.2. The second-order valence-electron chi connectivity index (χ2n) is 4.88. The number of nitro benzene ring substituents is 1. The van der Waals surface area contributed by atoms with Gasteiger partial charge in [-0.05, 0) is 19.1 Å². The zero-order valence-electron chi connectivity index (χ0n) is 11.4. The zero-order valence-corrected chi connectivity index (χ0v) is 11.4. The molecule has 2 heterocycles. The lowest BCUT2D eigenvalue weighted by Gasteiger charge is -2.29. The number of nitrogens with zero attached hydrogens (tertiary/aromatic N) is 5. The number of hydrogen-bond acceptors (Lipinski definition) is 6. The van der Waals surface area contributed by atoms with Gasteiger partial charge in [0.05, 0.1) is 17.0 Å². The van der Waals surface area contributed by atoms with Crippen molar-refractivity contribution in [2.45, 2.75) is 20.0 Å². The number of rotatable bonds is 3. The topological polar surface area (TPSA) is 94.2 Å². The first-order valence-corrected chi connectivity index (χ1v) is 6.47. The number of Topliss-reactive ketones (excluding diaryl/α,β-unsaturated/α-hetero) is 1. The molecule has 0 fully saturated rings. The SMILES string of the molecule is CC(=O)c1cc(N2CCn3cnnc3C2)ccc1[N+](=O)[O-]. The first-order valence-electron chi connectivity index (χ1n) is 6.47. The van der Waals surface area contributed by atoms with Crippen LogP contribution in [0.5, 0.6) is 0 Å². The molecule has 0 radical (unpaired) electrons. The van der Waals surface area contributed by atoms with Crippen LogP contribution in [-0.4, -0.2) is 32.0 Å². The van der Waals surface area contributed by atoms with Crippen molar-refractivity contribution < 1.29 is 9.72 Å². The van der Waals surface area contributed by atoms with Crippen LogP contribution in [0, 0.1) is 10.1 Å². The number of anilines is 1. The summed E-state index contributed by atoms with van der Waals surface area (Å²) in [5.74, 6) is 0.521. The van der Waals surface area contributed by atoms with E-state index in [-0.39, 0.29) is 17.0 Å². The van der Waals surface area contributed by atoms with E-state index in [0.29, 0.717) is 6.54 Å². The van der Waals surface area contributed by atoms with Crippen LogP contribution >= 0.6 is 0 Å². The number of hydrogen-bond donors (Lipinski definition) is 0. The van der Waals surface area contributed by atoms with Gasteiger partial charge in [-0.2, -0.15) is 0 Å². The van der Waals surface area contributed by atoms with E-state index >= 15 is 0 Å². The number of carbonyl (C=O) groups is 1. The third-order valence-corrected chi connectivity index (χ3v) is 3.56. The van der Waals surface area contributed by atoms with E-state index in [1.54, 1.807) is 18.5 Å². The maximum absolute atomic E-state index is 11.6. The van der Waals surface area contributed by atoms with Crippen molar-refractivity contribution in [1.29, 1.82) is 0 Å². The van der Waals surface area contributed by atoms with Gasteiger partial charge in [-0.15, -0.1) is 10.2 Å². The molecular formula is C13H13N5O3. The van der Waals surface area contributed by atoms with Gasteiger partial charge >= 0.3 is 0 Å². The van der Waals surface area contributed by atoms with Gasteiger partial charge in [-0.1, -0.05) is 0 Å². The molecule has 0 aliphatic carbocycles. The maximum Gasteiger partial charge on any atom is 0.280 e. The Bertz CT molecular complexity index is 724. The van der Waals surface area contributed by atoms with Gasteiger partial charge in [0.2, 0.25) is 0 Å². The number of aromatic nitrogens is 3. The monoisotopic (exact) mass is 287 g/mol. The normalized spacial score (nSPS) is 13.9. The van der Waals surface area contributed by atoms with E-state index < -0.39 is 4.92 Å². The zero-order chi connectivity index (χ0) is 15.0. The number of carbonyl (C=O) groups excluding carboxylic acids is 1. The van der Waals surface area contributed by atoms with E-state index in [4.69, 9.17) is 0 Å². The van der Waals surface area contributed by atoms with Crippen molar-refractivity contribution in [1.82, 2.24) is 14.8 Å². The van der Waals surface area contributed by atoms with Gasteiger partial charge in [0, 0.05) is 24.8 Å². The average Bonchev–Trinajstić information content (AvgIpc) is 2.93. The fourth-order valence-electron chi connectivity index (χ4n) is 2.45. The minimum Gasteiger partial charge on any atom is -0.362 e. The molecule has 1 aliphatic rings. The van der Waals surface area contributed by atoms with E-state index in [1.807, 2.05) is 9.47 Å². The summed E-state index contributed by atoms with van der Waals surface area (Å²) in [6.07, 6.45) is 1.68. The Morgan fingerprint density at radius 3 is 2.90 bits per heavy atom. The van der Waals surface area contributed by atoms with Crippen molar-refractivity contribution in [3.8, 4) is 0 Å². The van der Waals surface area contributed by atoms with Crippen molar-refractivity contribution in [3.05, 3.63) is 46.0 Å². The Kier molecular flexibility index (Phi) is 3.13. The highest BCUT2D eigenvalue weighted by Gasteiger charge is 2.22. The average molecular weight is 287 g/mol. The summed E-state index contributed by atoms with van der Waals surface area (Å²) in [5, 5.41) is 18.9. The molecule has 21 heavy (non-hydrogen) atoms. The first-order chi connectivity index (χ1) is 10.1. The lowest BCUT2D eigenvalue weighted by Crippen LogP contribution is -2.33. The minimum atomic E-state index is -0.534. The molecule has 0 amide bonds. The summed E-state index contributed by atoms with van der Waals surface area (Å²) in [6.45, 7) is 3.38. The van der Waals surface area contributed by atoms with E-state index in [1.165, 1.54) is 13.0 Å². The van der Waals surface area contributed by atoms with Gasteiger partial charge < -0.3 is 9.47 Å². The molecule has 3 rings (SSSR count). The van der Waals surface area contributed by atoms with Crippen LogP contribution in [0.3, 0.4) is 0 Å². The summed E-state index contributed by atoms with van der Waals surface area (Å²) in [6, 6.07) is 4.62. The molecule has 0 N–H and O–H groups in total. The smallest absolute Gasteiger partial charge is 0.280 e. The number of nitro groups is 1. The summed E-state index contributed by atoms with van der Waals surface area (Å²) in [4.78, 5) is 24.1. The Morgan fingerprint density at radius 2 is 2.19 bits per heavy atom. The van der Waals surface area contributed by atoms with Gasteiger partial charge in [0.15, 0.2) is 11.6 Å². The lowest BCUT2D eigenvalue weighted by molar-refractivity contribution is -0.385. The Balaban J connectivity index is 1.95. The summed E-state index contributed by atoms with van der Waals surface area (Å²) < 4.78 is 1.97.